The van der Waals surface area contributed by atoms with E-state index in [-0.39, 0.29) is 11.7 Å². The van der Waals surface area contributed by atoms with Crippen LogP contribution in [0.3, 0.4) is 0 Å². The molecule has 1 aliphatic heterocycles. The van der Waals surface area contributed by atoms with E-state index in [1.165, 1.54) is 12.1 Å². The smallest absolute Gasteiger partial charge is 0.254 e. The first kappa shape index (κ1) is 16.4. The Labute approximate surface area is 132 Å². The van der Waals surface area contributed by atoms with Crippen molar-refractivity contribution in [3.05, 3.63) is 34.1 Å². The Bertz CT molecular complexity index is 478. The average molecular weight is 360 g/mol. The number of carbonyl (C=O) groups is 1. The second-order valence-corrected chi connectivity index (χ2v) is 5.86. The van der Waals surface area contributed by atoms with Crippen LogP contribution in [0.25, 0.3) is 0 Å². The Hall–Kier alpha value is -0.980. The van der Waals surface area contributed by atoms with Crippen LogP contribution in [0.1, 0.15) is 29.6 Å². The fraction of sp³-hybridized carbons (Fsp3) is 0.533. The van der Waals surface area contributed by atoms with Gasteiger partial charge in [0.15, 0.2) is 0 Å². The highest BCUT2D eigenvalue weighted by Gasteiger charge is 2.15. The molecular weight excluding hydrogens is 341 g/mol. The van der Waals surface area contributed by atoms with E-state index in [1.54, 1.807) is 6.07 Å². The van der Waals surface area contributed by atoms with Crippen molar-refractivity contribution in [2.45, 2.75) is 25.4 Å². The molecule has 0 radical (unpaired) electrons. The summed E-state index contributed by atoms with van der Waals surface area (Å²) in [4.78, 5) is 11.8. The molecule has 116 valence electrons. The summed E-state index contributed by atoms with van der Waals surface area (Å²) in [6.07, 6.45) is 3.07. The number of hydrogen-bond acceptors (Lipinski definition) is 3. The van der Waals surface area contributed by atoms with Crippen molar-refractivity contribution < 1.29 is 18.7 Å². The molecule has 0 aromatic heterocycles. The molecule has 1 aromatic rings. The van der Waals surface area contributed by atoms with Crippen molar-refractivity contribution in [2.24, 2.45) is 0 Å². The number of rotatable bonds is 7. The summed E-state index contributed by atoms with van der Waals surface area (Å²) < 4.78 is 25.1. The van der Waals surface area contributed by atoms with Gasteiger partial charge in [0.05, 0.1) is 18.3 Å². The van der Waals surface area contributed by atoms with Crippen LogP contribution < -0.4 is 5.32 Å². The number of halogens is 2. The van der Waals surface area contributed by atoms with Gasteiger partial charge in [-0.05, 0) is 37.5 Å². The van der Waals surface area contributed by atoms with E-state index in [4.69, 9.17) is 9.47 Å². The van der Waals surface area contributed by atoms with Crippen molar-refractivity contribution in [1.29, 1.82) is 0 Å². The van der Waals surface area contributed by atoms with Gasteiger partial charge in [0.25, 0.3) is 5.91 Å². The Balaban J connectivity index is 1.60. The lowest BCUT2D eigenvalue weighted by molar-refractivity contribution is 0.0166. The minimum absolute atomic E-state index is 0.0541. The van der Waals surface area contributed by atoms with Gasteiger partial charge in [-0.25, -0.2) is 4.39 Å². The van der Waals surface area contributed by atoms with Gasteiger partial charge in [0, 0.05) is 24.2 Å². The molecule has 1 fully saturated rings. The summed E-state index contributed by atoms with van der Waals surface area (Å²) in [5.41, 5.74) is 0.0541. The standard InChI is InChI=1S/C15H19BrFNO3/c16-11-4-5-13(14(17)9-11)15(19)18-6-2-7-20-10-12-3-1-8-21-12/h4-5,9,12H,1-3,6-8,10H2,(H,18,19). The van der Waals surface area contributed by atoms with Crippen molar-refractivity contribution in [1.82, 2.24) is 5.32 Å². The molecule has 0 spiro atoms. The molecule has 21 heavy (non-hydrogen) atoms. The van der Waals surface area contributed by atoms with Crippen molar-refractivity contribution in [3.63, 3.8) is 0 Å². The van der Waals surface area contributed by atoms with Gasteiger partial charge in [0.2, 0.25) is 0 Å². The van der Waals surface area contributed by atoms with Crippen LogP contribution in [0.4, 0.5) is 4.39 Å². The second kappa shape index (κ2) is 8.46. The summed E-state index contributed by atoms with van der Waals surface area (Å²) in [5, 5.41) is 2.68. The molecule has 1 amide bonds. The largest absolute Gasteiger partial charge is 0.379 e. The molecule has 0 saturated carbocycles. The number of carbonyl (C=O) groups excluding carboxylic acids is 1. The van der Waals surface area contributed by atoms with Gasteiger partial charge in [-0.2, -0.15) is 0 Å². The summed E-state index contributed by atoms with van der Waals surface area (Å²) in [7, 11) is 0. The molecule has 0 bridgehead atoms. The molecule has 6 heteroatoms. The summed E-state index contributed by atoms with van der Waals surface area (Å²) >= 11 is 3.16. The highest BCUT2D eigenvalue weighted by atomic mass is 79.9. The lowest BCUT2D eigenvalue weighted by Crippen LogP contribution is -2.26. The van der Waals surface area contributed by atoms with E-state index >= 15 is 0 Å². The third kappa shape index (κ3) is 5.37. The third-order valence-electron chi connectivity index (χ3n) is 3.25. The Kier molecular flexibility index (Phi) is 6.60. The lowest BCUT2D eigenvalue weighted by atomic mass is 10.2. The van der Waals surface area contributed by atoms with Crippen LogP contribution in [0.2, 0.25) is 0 Å². The zero-order valence-electron chi connectivity index (χ0n) is 11.7. The van der Waals surface area contributed by atoms with Gasteiger partial charge < -0.3 is 14.8 Å². The molecule has 1 N–H and O–H groups in total. The van der Waals surface area contributed by atoms with Crippen molar-refractivity contribution in [2.75, 3.05) is 26.4 Å². The minimum Gasteiger partial charge on any atom is -0.379 e. The predicted octanol–water partition coefficient (Wildman–Crippen LogP) is 2.90. The van der Waals surface area contributed by atoms with E-state index < -0.39 is 11.7 Å². The van der Waals surface area contributed by atoms with Crippen LogP contribution in [-0.4, -0.2) is 38.4 Å². The number of ether oxygens (including phenoxy) is 2. The number of benzene rings is 1. The van der Waals surface area contributed by atoms with E-state index in [9.17, 15) is 9.18 Å². The molecule has 1 aromatic carbocycles. The Morgan fingerprint density at radius 3 is 3.10 bits per heavy atom. The molecule has 1 atom stereocenters. The Morgan fingerprint density at radius 2 is 2.38 bits per heavy atom. The van der Waals surface area contributed by atoms with E-state index in [0.29, 0.717) is 30.7 Å². The topological polar surface area (TPSA) is 47.6 Å². The highest BCUT2D eigenvalue weighted by molar-refractivity contribution is 9.10. The zero-order valence-corrected chi connectivity index (χ0v) is 13.3. The van der Waals surface area contributed by atoms with Crippen LogP contribution in [0, 0.1) is 5.82 Å². The van der Waals surface area contributed by atoms with E-state index in [0.717, 1.165) is 19.4 Å². The van der Waals surface area contributed by atoms with Crippen molar-refractivity contribution in [3.8, 4) is 0 Å². The maximum absolute atomic E-state index is 13.6. The summed E-state index contributed by atoms with van der Waals surface area (Å²) in [5.74, 6) is -0.935. The first-order chi connectivity index (χ1) is 10.2. The van der Waals surface area contributed by atoms with Crippen LogP contribution in [0.15, 0.2) is 22.7 Å². The number of amides is 1. The van der Waals surface area contributed by atoms with Gasteiger partial charge in [-0.15, -0.1) is 0 Å². The van der Waals surface area contributed by atoms with Crippen LogP contribution in [0.5, 0.6) is 0 Å². The van der Waals surface area contributed by atoms with Crippen LogP contribution >= 0.6 is 15.9 Å². The van der Waals surface area contributed by atoms with E-state index in [2.05, 4.69) is 21.2 Å². The van der Waals surface area contributed by atoms with Gasteiger partial charge in [0.1, 0.15) is 5.82 Å². The molecule has 1 saturated heterocycles. The monoisotopic (exact) mass is 359 g/mol. The van der Waals surface area contributed by atoms with Crippen LogP contribution in [-0.2, 0) is 9.47 Å². The average Bonchev–Trinajstić information content (AvgIpc) is 2.95. The summed E-state index contributed by atoms with van der Waals surface area (Å²) in [6.45, 7) is 2.45. The predicted molar refractivity (Wildman–Crippen MR) is 80.8 cm³/mol. The maximum atomic E-state index is 13.6. The normalized spacial score (nSPS) is 17.9. The van der Waals surface area contributed by atoms with Gasteiger partial charge in [-0.1, -0.05) is 15.9 Å². The highest BCUT2D eigenvalue weighted by Crippen LogP contribution is 2.15. The number of nitrogens with one attached hydrogen (secondary N) is 1. The fourth-order valence-electron chi connectivity index (χ4n) is 2.14. The van der Waals surface area contributed by atoms with Gasteiger partial charge in [-0.3, -0.25) is 4.79 Å². The second-order valence-electron chi connectivity index (χ2n) is 4.94. The SMILES string of the molecule is O=C(NCCCOCC1CCCO1)c1ccc(Br)cc1F. The number of hydrogen-bond donors (Lipinski definition) is 1. The lowest BCUT2D eigenvalue weighted by Gasteiger charge is -2.10. The molecule has 0 aliphatic carbocycles. The summed E-state index contributed by atoms with van der Waals surface area (Å²) in [6, 6.07) is 4.38. The molecule has 1 aliphatic rings. The zero-order chi connectivity index (χ0) is 15.1. The molecule has 2 rings (SSSR count). The van der Waals surface area contributed by atoms with E-state index in [1.807, 2.05) is 0 Å². The first-order valence-corrected chi connectivity index (χ1v) is 7.88. The maximum Gasteiger partial charge on any atom is 0.254 e. The molecule has 1 heterocycles. The van der Waals surface area contributed by atoms with Crippen molar-refractivity contribution >= 4 is 21.8 Å². The third-order valence-corrected chi connectivity index (χ3v) is 3.75. The Morgan fingerprint density at radius 1 is 1.52 bits per heavy atom. The molecule has 4 nitrogen and oxygen atoms in total. The molecule has 1 unspecified atom stereocenters. The minimum atomic E-state index is -0.531. The quantitative estimate of drug-likeness (QED) is 0.761. The first-order valence-electron chi connectivity index (χ1n) is 7.09. The molecular formula is C15H19BrFNO3. The fourth-order valence-corrected chi connectivity index (χ4v) is 2.47. The van der Waals surface area contributed by atoms with Gasteiger partial charge >= 0.3 is 0 Å².